The van der Waals surface area contributed by atoms with Crippen LogP contribution in [0.1, 0.15) is 12.0 Å². The van der Waals surface area contributed by atoms with Gasteiger partial charge in [-0.1, -0.05) is 23.4 Å². The van der Waals surface area contributed by atoms with Gasteiger partial charge in [0.1, 0.15) is 11.9 Å². The van der Waals surface area contributed by atoms with Crippen molar-refractivity contribution in [3.05, 3.63) is 42.0 Å². The molecule has 4 heteroatoms. The molecule has 0 fully saturated rings. The predicted octanol–water partition coefficient (Wildman–Crippen LogP) is 3.58. The van der Waals surface area contributed by atoms with Crippen LogP contribution >= 0.6 is 11.6 Å². The van der Waals surface area contributed by atoms with E-state index >= 15 is 0 Å². The molecule has 2 aromatic carbocycles. The lowest BCUT2D eigenvalue weighted by molar-refractivity contribution is 0.102. The first-order chi connectivity index (χ1) is 9.30. The summed E-state index contributed by atoms with van der Waals surface area (Å²) in [5.41, 5.74) is 2.05. The van der Waals surface area contributed by atoms with E-state index < -0.39 is 0 Å². The summed E-state index contributed by atoms with van der Waals surface area (Å²) in [5, 5.41) is 6.42. The average Bonchev–Trinajstić information content (AvgIpc) is 2.95. The Morgan fingerprint density at radius 3 is 2.79 bits per heavy atom. The molecular formula is C15H14ClNO2. The van der Waals surface area contributed by atoms with Crippen molar-refractivity contribution in [3.8, 4) is 5.75 Å². The molecule has 0 N–H and O–H groups in total. The monoisotopic (exact) mass is 275 g/mol. The number of ether oxygens (including phenoxy) is 1. The van der Waals surface area contributed by atoms with E-state index in [1.807, 2.05) is 18.2 Å². The van der Waals surface area contributed by atoms with E-state index in [-0.39, 0.29) is 6.10 Å². The first kappa shape index (κ1) is 12.3. The van der Waals surface area contributed by atoms with Crippen LogP contribution in [0.3, 0.4) is 0 Å². The fourth-order valence-corrected chi connectivity index (χ4v) is 2.38. The van der Waals surface area contributed by atoms with Crippen LogP contribution in [-0.4, -0.2) is 24.8 Å². The summed E-state index contributed by atoms with van der Waals surface area (Å²) in [6.07, 6.45) is 0.772. The second-order valence-corrected chi connectivity index (χ2v) is 4.86. The first-order valence-corrected chi connectivity index (χ1v) is 6.70. The Morgan fingerprint density at radius 1 is 1.26 bits per heavy atom. The zero-order chi connectivity index (χ0) is 13.2. The molecule has 0 amide bonds. The summed E-state index contributed by atoms with van der Waals surface area (Å²) >= 11 is 5.78. The van der Waals surface area contributed by atoms with Gasteiger partial charge in [-0.15, -0.1) is 11.6 Å². The highest BCUT2D eigenvalue weighted by Crippen LogP contribution is 2.24. The Hall–Kier alpha value is -1.74. The van der Waals surface area contributed by atoms with Crippen LogP contribution in [0.4, 0.5) is 0 Å². The molecule has 3 nitrogen and oxygen atoms in total. The van der Waals surface area contributed by atoms with Gasteiger partial charge in [0, 0.05) is 12.0 Å². The summed E-state index contributed by atoms with van der Waals surface area (Å²) in [7, 11) is 1.67. The van der Waals surface area contributed by atoms with E-state index in [1.165, 1.54) is 0 Å². The van der Waals surface area contributed by atoms with Crippen molar-refractivity contribution < 1.29 is 9.57 Å². The third-order valence-corrected chi connectivity index (χ3v) is 3.63. The molecule has 3 rings (SSSR count). The minimum Gasteiger partial charge on any atom is -0.497 e. The van der Waals surface area contributed by atoms with Crippen LogP contribution in [0.5, 0.6) is 5.75 Å². The molecule has 0 saturated carbocycles. The Kier molecular flexibility index (Phi) is 3.30. The van der Waals surface area contributed by atoms with Gasteiger partial charge in [0.15, 0.2) is 0 Å². The van der Waals surface area contributed by atoms with Gasteiger partial charge >= 0.3 is 0 Å². The molecule has 1 unspecified atom stereocenters. The number of benzene rings is 2. The number of hydrogen-bond donors (Lipinski definition) is 0. The highest BCUT2D eigenvalue weighted by molar-refractivity contribution is 6.18. The summed E-state index contributed by atoms with van der Waals surface area (Å²) < 4.78 is 5.22. The zero-order valence-corrected chi connectivity index (χ0v) is 11.4. The Morgan fingerprint density at radius 2 is 2.05 bits per heavy atom. The van der Waals surface area contributed by atoms with Gasteiger partial charge in [-0.3, -0.25) is 0 Å². The Bertz CT molecular complexity index is 639. The SMILES string of the molecule is COc1ccc2cc(C3=NOC(CCl)C3)ccc2c1. The van der Waals surface area contributed by atoms with Gasteiger partial charge in [0.25, 0.3) is 0 Å². The maximum Gasteiger partial charge on any atom is 0.146 e. The quantitative estimate of drug-likeness (QED) is 0.802. The van der Waals surface area contributed by atoms with Crippen LogP contribution in [0.2, 0.25) is 0 Å². The molecule has 98 valence electrons. The van der Waals surface area contributed by atoms with E-state index in [1.54, 1.807) is 7.11 Å². The van der Waals surface area contributed by atoms with Gasteiger partial charge in [-0.05, 0) is 29.0 Å². The lowest BCUT2D eigenvalue weighted by Crippen LogP contribution is -2.09. The molecule has 0 aliphatic carbocycles. The molecule has 1 atom stereocenters. The number of halogens is 1. The normalized spacial score (nSPS) is 18.2. The summed E-state index contributed by atoms with van der Waals surface area (Å²) in [6, 6.07) is 12.3. The minimum atomic E-state index is 0.00299. The fraction of sp³-hybridized carbons (Fsp3) is 0.267. The summed E-state index contributed by atoms with van der Waals surface area (Å²) in [5.74, 6) is 1.33. The van der Waals surface area contributed by atoms with Gasteiger partial charge in [0.2, 0.25) is 0 Å². The Balaban J connectivity index is 1.94. The number of rotatable bonds is 3. The van der Waals surface area contributed by atoms with E-state index in [0.29, 0.717) is 5.88 Å². The number of oxime groups is 1. The first-order valence-electron chi connectivity index (χ1n) is 6.17. The van der Waals surface area contributed by atoms with Gasteiger partial charge in [0.05, 0.1) is 18.7 Å². The van der Waals surface area contributed by atoms with Crippen LogP contribution < -0.4 is 4.74 Å². The highest BCUT2D eigenvalue weighted by atomic mass is 35.5. The molecule has 1 aliphatic rings. The maximum absolute atomic E-state index is 5.78. The molecule has 2 aromatic rings. The molecule has 0 spiro atoms. The average molecular weight is 276 g/mol. The topological polar surface area (TPSA) is 30.8 Å². The number of hydrogen-bond acceptors (Lipinski definition) is 3. The van der Waals surface area contributed by atoms with Gasteiger partial charge in [-0.2, -0.15) is 0 Å². The van der Waals surface area contributed by atoms with Crippen molar-refractivity contribution in [2.75, 3.05) is 13.0 Å². The van der Waals surface area contributed by atoms with Crippen LogP contribution in [-0.2, 0) is 4.84 Å². The van der Waals surface area contributed by atoms with E-state index in [9.17, 15) is 0 Å². The fourth-order valence-electron chi connectivity index (χ4n) is 2.21. The number of nitrogens with zero attached hydrogens (tertiary/aromatic N) is 1. The van der Waals surface area contributed by atoms with Crippen LogP contribution in [0.15, 0.2) is 41.6 Å². The lowest BCUT2D eigenvalue weighted by Gasteiger charge is -2.05. The predicted molar refractivity (Wildman–Crippen MR) is 77.2 cm³/mol. The van der Waals surface area contributed by atoms with Crippen molar-refractivity contribution in [2.24, 2.45) is 5.16 Å². The van der Waals surface area contributed by atoms with Crippen molar-refractivity contribution in [3.63, 3.8) is 0 Å². The van der Waals surface area contributed by atoms with E-state index in [0.717, 1.165) is 34.2 Å². The molecular weight excluding hydrogens is 262 g/mol. The number of fused-ring (bicyclic) bond motifs is 1. The number of methoxy groups -OCH3 is 1. The molecule has 19 heavy (non-hydrogen) atoms. The smallest absolute Gasteiger partial charge is 0.146 e. The largest absolute Gasteiger partial charge is 0.497 e. The minimum absolute atomic E-state index is 0.00299. The van der Waals surface area contributed by atoms with Gasteiger partial charge in [-0.25, -0.2) is 0 Å². The van der Waals surface area contributed by atoms with Crippen LogP contribution in [0.25, 0.3) is 10.8 Å². The third kappa shape index (κ3) is 2.38. The summed E-state index contributed by atoms with van der Waals surface area (Å²) in [4.78, 5) is 5.25. The zero-order valence-electron chi connectivity index (χ0n) is 10.6. The van der Waals surface area contributed by atoms with Gasteiger partial charge < -0.3 is 9.57 Å². The molecule has 1 aliphatic heterocycles. The molecule has 0 radical (unpaired) electrons. The lowest BCUT2D eigenvalue weighted by atomic mass is 10.0. The second kappa shape index (κ2) is 5.10. The van der Waals surface area contributed by atoms with Crippen LogP contribution in [0, 0.1) is 0 Å². The van der Waals surface area contributed by atoms with Crippen molar-refractivity contribution >= 4 is 28.1 Å². The Labute approximate surface area is 116 Å². The summed E-state index contributed by atoms with van der Waals surface area (Å²) in [6.45, 7) is 0. The number of alkyl halides is 1. The molecule has 1 heterocycles. The standard InChI is InChI=1S/C15H14ClNO2/c1-18-13-5-4-10-6-12(3-2-11(10)7-13)15-8-14(9-16)19-17-15/h2-7,14H,8-9H2,1H3. The van der Waals surface area contributed by atoms with Crippen molar-refractivity contribution in [1.29, 1.82) is 0 Å². The van der Waals surface area contributed by atoms with Crippen molar-refractivity contribution in [2.45, 2.75) is 12.5 Å². The second-order valence-electron chi connectivity index (χ2n) is 4.55. The van der Waals surface area contributed by atoms with E-state index in [2.05, 4.69) is 23.4 Å². The highest BCUT2D eigenvalue weighted by Gasteiger charge is 2.21. The maximum atomic E-state index is 5.78. The molecule has 0 saturated heterocycles. The van der Waals surface area contributed by atoms with E-state index in [4.69, 9.17) is 21.2 Å². The molecule has 0 aromatic heterocycles. The third-order valence-electron chi connectivity index (χ3n) is 3.29. The molecule has 0 bridgehead atoms. The van der Waals surface area contributed by atoms with Crippen molar-refractivity contribution in [1.82, 2.24) is 0 Å².